The minimum atomic E-state index is -0.184. The predicted molar refractivity (Wildman–Crippen MR) is 72.3 cm³/mol. The fourth-order valence-electron chi connectivity index (χ4n) is 2.18. The molecule has 0 bridgehead atoms. The molecule has 0 saturated heterocycles. The fraction of sp³-hybridized carbons (Fsp3) is 0.429. The second-order valence-electron chi connectivity index (χ2n) is 4.56. The minimum Gasteiger partial charge on any atom is -0.312 e. The molecule has 92 valence electrons. The lowest BCUT2D eigenvalue weighted by Gasteiger charge is -2.18. The number of benzene rings is 1. The maximum absolute atomic E-state index is 13.1. The standard InChI is InChI=1S/C14H17BrFN/c15-13-6-12(7-14(16)8-13)10-17-9-11-4-2-1-3-5-11/h1-2,6-8,11,17H,3-5,9-10H2. The molecule has 0 spiro atoms. The summed E-state index contributed by atoms with van der Waals surface area (Å²) in [7, 11) is 0. The van der Waals surface area contributed by atoms with E-state index in [9.17, 15) is 4.39 Å². The molecule has 1 aromatic carbocycles. The van der Waals surface area contributed by atoms with Crippen LogP contribution in [0.1, 0.15) is 24.8 Å². The van der Waals surface area contributed by atoms with E-state index < -0.39 is 0 Å². The molecule has 0 radical (unpaired) electrons. The topological polar surface area (TPSA) is 12.0 Å². The molecule has 0 heterocycles. The van der Waals surface area contributed by atoms with Crippen LogP contribution >= 0.6 is 15.9 Å². The van der Waals surface area contributed by atoms with Crippen molar-refractivity contribution >= 4 is 15.9 Å². The summed E-state index contributed by atoms with van der Waals surface area (Å²) in [6.45, 7) is 1.75. The van der Waals surface area contributed by atoms with Crippen molar-refractivity contribution in [2.45, 2.75) is 25.8 Å². The van der Waals surface area contributed by atoms with Crippen LogP contribution in [0.3, 0.4) is 0 Å². The van der Waals surface area contributed by atoms with Gasteiger partial charge >= 0.3 is 0 Å². The predicted octanol–water partition coefficient (Wildman–Crippen LogP) is 4.03. The van der Waals surface area contributed by atoms with Crippen LogP contribution in [0, 0.1) is 11.7 Å². The van der Waals surface area contributed by atoms with Crippen molar-refractivity contribution in [3.8, 4) is 0 Å². The molecule has 2 rings (SSSR count). The van der Waals surface area contributed by atoms with E-state index in [0.717, 1.165) is 29.0 Å². The molecule has 0 aliphatic heterocycles. The lowest BCUT2D eigenvalue weighted by molar-refractivity contribution is 0.440. The molecule has 0 fully saturated rings. The zero-order valence-corrected chi connectivity index (χ0v) is 11.3. The largest absolute Gasteiger partial charge is 0.312 e. The Balaban J connectivity index is 1.79. The molecule has 1 aliphatic carbocycles. The Morgan fingerprint density at radius 3 is 2.88 bits per heavy atom. The van der Waals surface area contributed by atoms with Crippen molar-refractivity contribution in [1.29, 1.82) is 0 Å². The van der Waals surface area contributed by atoms with Gasteiger partial charge in [0.2, 0.25) is 0 Å². The van der Waals surface area contributed by atoms with Crippen molar-refractivity contribution < 1.29 is 4.39 Å². The first-order valence-electron chi connectivity index (χ1n) is 6.05. The Bertz CT molecular complexity index is 383. The van der Waals surface area contributed by atoms with Crippen LogP contribution in [0.4, 0.5) is 4.39 Å². The highest BCUT2D eigenvalue weighted by Gasteiger charge is 2.09. The number of nitrogens with one attached hydrogen (secondary N) is 1. The van der Waals surface area contributed by atoms with Gasteiger partial charge in [-0.15, -0.1) is 0 Å². The minimum absolute atomic E-state index is 0.184. The summed E-state index contributed by atoms with van der Waals surface area (Å²) in [6, 6.07) is 5.02. The smallest absolute Gasteiger partial charge is 0.124 e. The summed E-state index contributed by atoms with van der Waals surface area (Å²) >= 11 is 3.30. The lowest BCUT2D eigenvalue weighted by Crippen LogP contribution is -2.23. The van der Waals surface area contributed by atoms with Gasteiger partial charge in [0.1, 0.15) is 5.82 Å². The van der Waals surface area contributed by atoms with Gasteiger partial charge in [0.05, 0.1) is 0 Å². The third-order valence-corrected chi connectivity index (χ3v) is 3.52. The quantitative estimate of drug-likeness (QED) is 0.827. The van der Waals surface area contributed by atoms with Crippen molar-refractivity contribution in [3.63, 3.8) is 0 Å². The molecule has 1 aliphatic rings. The van der Waals surface area contributed by atoms with Crippen LogP contribution in [0.15, 0.2) is 34.8 Å². The van der Waals surface area contributed by atoms with Crippen molar-refractivity contribution in [2.24, 2.45) is 5.92 Å². The molecule has 0 saturated carbocycles. The summed E-state index contributed by atoms with van der Waals surface area (Å²) < 4.78 is 13.9. The highest BCUT2D eigenvalue weighted by atomic mass is 79.9. The molecule has 1 N–H and O–H groups in total. The van der Waals surface area contributed by atoms with E-state index in [1.165, 1.54) is 25.3 Å². The average Bonchev–Trinajstić information content (AvgIpc) is 2.29. The summed E-state index contributed by atoms with van der Waals surface area (Å²) in [5, 5.41) is 3.40. The van der Waals surface area contributed by atoms with Gasteiger partial charge < -0.3 is 5.32 Å². The third-order valence-electron chi connectivity index (χ3n) is 3.06. The molecule has 1 aromatic rings. The number of hydrogen-bond donors (Lipinski definition) is 1. The number of hydrogen-bond acceptors (Lipinski definition) is 1. The molecule has 17 heavy (non-hydrogen) atoms. The van der Waals surface area contributed by atoms with E-state index in [1.54, 1.807) is 6.07 Å². The second-order valence-corrected chi connectivity index (χ2v) is 5.47. The Kier molecular flexibility index (Phi) is 4.75. The van der Waals surface area contributed by atoms with E-state index in [0.29, 0.717) is 0 Å². The maximum Gasteiger partial charge on any atom is 0.124 e. The van der Waals surface area contributed by atoms with Crippen molar-refractivity contribution in [3.05, 3.63) is 46.2 Å². The molecular weight excluding hydrogens is 281 g/mol. The zero-order chi connectivity index (χ0) is 12.1. The van der Waals surface area contributed by atoms with Gasteiger partial charge in [-0.1, -0.05) is 28.1 Å². The molecular formula is C14H17BrFN. The van der Waals surface area contributed by atoms with Gasteiger partial charge in [0.25, 0.3) is 0 Å². The fourth-order valence-corrected chi connectivity index (χ4v) is 2.69. The normalized spacial score (nSPS) is 19.5. The van der Waals surface area contributed by atoms with Crippen LogP contribution in [-0.4, -0.2) is 6.54 Å². The van der Waals surface area contributed by atoms with Crippen LogP contribution < -0.4 is 5.32 Å². The Morgan fingerprint density at radius 2 is 2.18 bits per heavy atom. The van der Waals surface area contributed by atoms with E-state index in [4.69, 9.17) is 0 Å². The first-order valence-corrected chi connectivity index (χ1v) is 6.84. The first-order chi connectivity index (χ1) is 8.24. The van der Waals surface area contributed by atoms with Crippen LogP contribution in [0.25, 0.3) is 0 Å². The van der Waals surface area contributed by atoms with E-state index in [1.807, 2.05) is 6.07 Å². The molecule has 1 nitrogen and oxygen atoms in total. The van der Waals surface area contributed by atoms with Gasteiger partial charge in [-0.2, -0.15) is 0 Å². The van der Waals surface area contributed by atoms with Gasteiger partial charge in [-0.05, 0) is 55.5 Å². The monoisotopic (exact) mass is 297 g/mol. The molecule has 3 heteroatoms. The van der Waals surface area contributed by atoms with Crippen LogP contribution in [0.2, 0.25) is 0 Å². The molecule has 1 unspecified atom stereocenters. The summed E-state index contributed by atoms with van der Waals surface area (Å²) in [6.07, 6.45) is 8.13. The summed E-state index contributed by atoms with van der Waals surface area (Å²) in [5.41, 5.74) is 0.989. The third kappa shape index (κ3) is 4.25. The van der Waals surface area contributed by atoms with Crippen LogP contribution in [-0.2, 0) is 6.54 Å². The Hall–Kier alpha value is -0.670. The molecule has 1 atom stereocenters. The molecule has 0 aromatic heterocycles. The van der Waals surface area contributed by atoms with Gasteiger partial charge in [-0.3, -0.25) is 0 Å². The SMILES string of the molecule is Fc1cc(Br)cc(CNCC2CC=CCC2)c1. The van der Waals surface area contributed by atoms with Crippen molar-refractivity contribution in [1.82, 2.24) is 5.32 Å². The Morgan fingerprint density at radius 1 is 1.29 bits per heavy atom. The lowest BCUT2D eigenvalue weighted by atomic mass is 9.94. The first kappa shape index (κ1) is 12.8. The molecule has 0 amide bonds. The summed E-state index contributed by atoms with van der Waals surface area (Å²) in [4.78, 5) is 0. The number of halogens is 2. The highest BCUT2D eigenvalue weighted by Crippen LogP contribution is 2.18. The van der Waals surface area contributed by atoms with E-state index >= 15 is 0 Å². The van der Waals surface area contributed by atoms with Gasteiger partial charge in [0.15, 0.2) is 0 Å². The van der Waals surface area contributed by atoms with Gasteiger partial charge in [-0.25, -0.2) is 4.39 Å². The average molecular weight is 298 g/mol. The number of allylic oxidation sites excluding steroid dienone is 2. The van der Waals surface area contributed by atoms with Gasteiger partial charge in [0, 0.05) is 11.0 Å². The second kappa shape index (κ2) is 6.31. The Labute approximate surface area is 110 Å². The van der Waals surface area contributed by atoms with Crippen LogP contribution in [0.5, 0.6) is 0 Å². The number of rotatable bonds is 4. The zero-order valence-electron chi connectivity index (χ0n) is 9.76. The van der Waals surface area contributed by atoms with E-state index in [2.05, 4.69) is 33.4 Å². The van der Waals surface area contributed by atoms with E-state index in [-0.39, 0.29) is 5.82 Å². The van der Waals surface area contributed by atoms with Crippen molar-refractivity contribution in [2.75, 3.05) is 6.54 Å². The summed E-state index contributed by atoms with van der Waals surface area (Å²) in [5.74, 6) is 0.550. The highest BCUT2D eigenvalue weighted by molar-refractivity contribution is 9.10. The maximum atomic E-state index is 13.1.